The largest absolute Gasteiger partial charge is 0.463 e. The van der Waals surface area contributed by atoms with Crippen LogP contribution in [0.5, 0.6) is 0 Å². The first kappa shape index (κ1) is 14.8. The van der Waals surface area contributed by atoms with Crippen LogP contribution >= 0.6 is 0 Å². The molecule has 1 aromatic heterocycles. The lowest BCUT2D eigenvalue weighted by atomic mass is 10.1. The number of rotatable bonds is 8. The molecule has 4 heteroatoms. The van der Waals surface area contributed by atoms with E-state index in [-0.39, 0.29) is 11.8 Å². The second kappa shape index (κ2) is 7.93. The number of hydrogen-bond acceptors (Lipinski definition) is 4. The number of ether oxygens (including phenoxy) is 1. The molecule has 1 aromatic rings. The summed E-state index contributed by atoms with van der Waals surface area (Å²) in [5, 5.41) is 3.44. The Bertz CT molecular complexity index is 352. The number of carbonyl (C=O) groups excluding carboxylic acids is 1. The number of esters is 1. The fourth-order valence-electron chi connectivity index (χ4n) is 1.82. The van der Waals surface area contributed by atoms with Gasteiger partial charge in [-0.05, 0) is 31.5 Å². The average Bonchev–Trinajstić information content (AvgIpc) is 2.87. The molecular formula is C14H23NO3. The highest BCUT2D eigenvalue weighted by molar-refractivity contribution is 5.86. The van der Waals surface area contributed by atoms with Gasteiger partial charge in [0.2, 0.25) is 5.76 Å². The molecule has 102 valence electrons. The van der Waals surface area contributed by atoms with E-state index in [1.165, 1.54) is 7.11 Å². The first-order valence-electron chi connectivity index (χ1n) is 6.64. The maximum Gasteiger partial charge on any atom is 0.373 e. The van der Waals surface area contributed by atoms with Crippen molar-refractivity contribution in [1.82, 2.24) is 5.32 Å². The summed E-state index contributed by atoms with van der Waals surface area (Å²) in [5.41, 5.74) is 0. The molecule has 4 nitrogen and oxygen atoms in total. The summed E-state index contributed by atoms with van der Waals surface area (Å²) >= 11 is 0. The molecule has 0 aromatic carbocycles. The van der Waals surface area contributed by atoms with Crippen LogP contribution in [0.3, 0.4) is 0 Å². The van der Waals surface area contributed by atoms with E-state index in [0.717, 1.165) is 38.0 Å². The van der Waals surface area contributed by atoms with Gasteiger partial charge >= 0.3 is 5.97 Å². The van der Waals surface area contributed by atoms with Gasteiger partial charge in [0.15, 0.2) is 0 Å². The Morgan fingerprint density at radius 2 is 2.17 bits per heavy atom. The summed E-state index contributed by atoms with van der Waals surface area (Å²) in [4.78, 5) is 11.3. The zero-order valence-electron chi connectivity index (χ0n) is 11.5. The summed E-state index contributed by atoms with van der Waals surface area (Å²) in [6, 6.07) is 3.71. The Hall–Kier alpha value is -1.29. The van der Waals surface area contributed by atoms with Gasteiger partial charge in [0.25, 0.3) is 0 Å². The fraction of sp³-hybridized carbons (Fsp3) is 0.643. The number of hydrogen-bond donors (Lipinski definition) is 1. The molecule has 0 aliphatic carbocycles. The minimum absolute atomic E-state index is 0.184. The smallest absolute Gasteiger partial charge is 0.373 e. The average molecular weight is 253 g/mol. The minimum Gasteiger partial charge on any atom is -0.463 e. The maximum atomic E-state index is 11.3. The predicted octanol–water partition coefficient (Wildman–Crippen LogP) is 3.30. The molecule has 0 aliphatic heterocycles. The van der Waals surface area contributed by atoms with Crippen molar-refractivity contribution in [3.8, 4) is 0 Å². The zero-order chi connectivity index (χ0) is 13.4. The number of carbonyl (C=O) groups is 1. The molecule has 0 spiro atoms. The number of nitrogens with one attached hydrogen (secondary N) is 1. The molecule has 0 amide bonds. The van der Waals surface area contributed by atoms with E-state index >= 15 is 0 Å². The molecule has 1 N–H and O–H groups in total. The van der Waals surface area contributed by atoms with Gasteiger partial charge in [0.05, 0.1) is 13.2 Å². The van der Waals surface area contributed by atoms with Gasteiger partial charge in [-0.1, -0.05) is 26.7 Å². The number of unbranched alkanes of at least 4 members (excludes halogenated alkanes) is 1. The van der Waals surface area contributed by atoms with Crippen LogP contribution in [-0.4, -0.2) is 19.6 Å². The zero-order valence-corrected chi connectivity index (χ0v) is 11.5. The van der Waals surface area contributed by atoms with E-state index in [2.05, 4.69) is 23.9 Å². The molecule has 0 bridgehead atoms. The second-order valence-corrected chi connectivity index (χ2v) is 4.34. The van der Waals surface area contributed by atoms with Gasteiger partial charge in [0, 0.05) is 0 Å². The normalized spacial score (nSPS) is 12.4. The summed E-state index contributed by atoms with van der Waals surface area (Å²) < 4.78 is 10.2. The quantitative estimate of drug-likeness (QED) is 0.722. The van der Waals surface area contributed by atoms with Crippen LogP contribution in [0.4, 0.5) is 0 Å². The molecular weight excluding hydrogens is 230 g/mol. The lowest BCUT2D eigenvalue weighted by Gasteiger charge is -2.15. The molecule has 0 saturated heterocycles. The highest BCUT2D eigenvalue weighted by Crippen LogP contribution is 2.22. The van der Waals surface area contributed by atoms with Crippen molar-refractivity contribution in [2.75, 3.05) is 13.7 Å². The van der Waals surface area contributed by atoms with Gasteiger partial charge in [-0.2, -0.15) is 0 Å². The lowest BCUT2D eigenvalue weighted by Crippen LogP contribution is -2.21. The summed E-state index contributed by atoms with van der Waals surface area (Å²) in [7, 11) is 1.36. The van der Waals surface area contributed by atoms with Crippen LogP contribution in [0.25, 0.3) is 0 Å². The molecule has 1 rings (SSSR count). The topological polar surface area (TPSA) is 51.5 Å². The highest BCUT2D eigenvalue weighted by Gasteiger charge is 2.17. The third-order valence-corrected chi connectivity index (χ3v) is 2.84. The van der Waals surface area contributed by atoms with Crippen molar-refractivity contribution in [2.24, 2.45) is 0 Å². The van der Waals surface area contributed by atoms with Crippen LogP contribution < -0.4 is 5.32 Å². The molecule has 0 saturated carbocycles. The second-order valence-electron chi connectivity index (χ2n) is 4.34. The van der Waals surface area contributed by atoms with Gasteiger partial charge in [-0.15, -0.1) is 0 Å². The standard InChI is InChI=1S/C14H23NO3/c1-4-6-7-11(15-10-5-2)12-8-9-13(18-12)14(16)17-3/h8-9,11,15H,4-7,10H2,1-3H3. The SMILES string of the molecule is CCCCC(NCCC)c1ccc(C(=O)OC)o1. The lowest BCUT2D eigenvalue weighted by molar-refractivity contribution is 0.0561. The Balaban J connectivity index is 2.70. The first-order valence-corrected chi connectivity index (χ1v) is 6.64. The van der Waals surface area contributed by atoms with Crippen LogP contribution in [-0.2, 0) is 4.74 Å². The van der Waals surface area contributed by atoms with E-state index in [4.69, 9.17) is 4.42 Å². The molecule has 1 unspecified atom stereocenters. The van der Waals surface area contributed by atoms with Gasteiger partial charge in [0.1, 0.15) is 5.76 Å². The molecule has 1 heterocycles. The molecule has 0 radical (unpaired) electrons. The van der Waals surface area contributed by atoms with Crippen LogP contribution in [0.1, 0.15) is 61.9 Å². The van der Waals surface area contributed by atoms with Gasteiger partial charge < -0.3 is 14.5 Å². The Kier molecular flexibility index (Phi) is 6.50. The minimum atomic E-state index is -0.425. The van der Waals surface area contributed by atoms with Crippen molar-refractivity contribution >= 4 is 5.97 Å². The van der Waals surface area contributed by atoms with Crippen molar-refractivity contribution in [1.29, 1.82) is 0 Å². The monoisotopic (exact) mass is 253 g/mol. The Morgan fingerprint density at radius 1 is 1.39 bits per heavy atom. The van der Waals surface area contributed by atoms with Crippen molar-refractivity contribution < 1.29 is 13.9 Å². The maximum absolute atomic E-state index is 11.3. The molecule has 0 fully saturated rings. The number of methoxy groups -OCH3 is 1. The first-order chi connectivity index (χ1) is 8.72. The van der Waals surface area contributed by atoms with E-state index in [1.807, 2.05) is 6.07 Å². The summed E-state index contributed by atoms with van der Waals surface area (Å²) in [6.45, 7) is 5.24. The van der Waals surface area contributed by atoms with Crippen LogP contribution in [0.2, 0.25) is 0 Å². The molecule has 18 heavy (non-hydrogen) atoms. The number of furan rings is 1. The van der Waals surface area contributed by atoms with Crippen LogP contribution in [0.15, 0.2) is 16.5 Å². The Labute approximate surface area is 109 Å². The van der Waals surface area contributed by atoms with E-state index in [9.17, 15) is 4.79 Å². The van der Waals surface area contributed by atoms with Gasteiger partial charge in [-0.3, -0.25) is 0 Å². The van der Waals surface area contributed by atoms with Crippen molar-refractivity contribution in [2.45, 2.75) is 45.6 Å². The summed E-state index contributed by atoms with van der Waals surface area (Å²) in [5.74, 6) is 0.663. The molecule has 0 aliphatic rings. The van der Waals surface area contributed by atoms with E-state index in [1.54, 1.807) is 6.07 Å². The highest BCUT2D eigenvalue weighted by atomic mass is 16.5. The van der Waals surface area contributed by atoms with Crippen LogP contribution in [0, 0.1) is 0 Å². The third-order valence-electron chi connectivity index (χ3n) is 2.84. The van der Waals surface area contributed by atoms with Gasteiger partial charge in [-0.25, -0.2) is 4.79 Å². The predicted molar refractivity (Wildman–Crippen MR) is 70.6 cm³/mol. The van der Waals surface area contributed by atoms with E-state index < -0.39 is 5.97 Å². The third kappa shape index (κ3) is 4.18. The van der Waals surface area contributed by atoms with E-state index in [0.29, 0.717) is 0 Å². The van der Waals surface area contributed by atoms with Crippen molar-refractivity contribution in [3.05, 3.63) is 23.7 Å². The Morgan fingerprint density at radius 3 is 2.78 bits per heavy atom. The van der Waals surface area contributed by atoms with Crippen molar-refractivity contribution in [3.63, 3.8) is 0 Å². The summed E-state index contributed by atoms with van der Waals surface area (Å²) in [6.07, 6.45) is 4.38. The molecule has 1 atom stereocenters. The fourth-order valence-corrected chi connectivity index (χ4v) is 1.82.